The van der Waals surface area contributed by atoms with E-state index in [4.69, 9.17) is 9.47 Å². The maximum absolute atomic E-state index is 5.89. The zero-order chi connectivity index (χ0) is 16.5. The molecule has 136 valence electrons. The standard InChI is InChI=1S/C18H29N3O2.HI/c1-4-22-16-10-12-21(13-11-16)18(19-3)20-14-15(2)23-17-8-6-5-7-9-17;/h5-9,15-16H,4,10-14H2,1-3H3,(H,19,20);1H. The Kier molecular flexibility index (Phi) is 10.1. The second-order valence-electron chi connectivity index (χ2n) is 5.81. The average Bonchev–Trinajstić information content (AvgIpc) is 2.58. The molecule has 1 fully saturated rings. The molecule has 6 heteroatoms. The molecule has 0 amide bonds. The Morgan fingerprint density at radius 3 is 2.54 bits per heavy atom. The Morgan fingerprint density at radius 1 is 1.29 bits per heavy atom. The van der Waals surface area contributed by atoms with Crippen molar-refractivity contribution in [3.8, 4) is 5.75 Å². The number of nitrogens with zero attached hydrogens (tertiary/aromatic N) is 2. The molecule has 24 heavy (non-hydrogen) atoms. The molecule has 2 rings (SSSR count). The van der Waals surface area contributed by atoms with E-state index in [0.29, 0.717) is 6.10 Å². The van der Waals surface area contributed by atoms with Crippen LogP contribution in [0.2, 0.25) is 0 Å². The molecule has 5 nitrogen and oxygen atoms in total. The molecule has 0 radical (unpaired) electrons. The zero-order valence-electron chi connectivity index (χ0n) is 14.9. The van der Waals surface area contributed by atoms with Gasteiger partial charge in [-0.1, -0.05) is 18.2 Å². The van der Waals surface area contributed by atoms with Crippen molar-refractivity contribution < 1.29 is 9.47 Å². The monoisotopic (exact) mass is 447 g/mol. The molecule has 1 aromatic rings. The largest absolute Gasteiger partial charge is 0.489 e. The molecule has 1 aromatic carbocycles. The summed E-state index contributed by atoms with van der Waals surface area (Å²) < 4.78 is 11.6. The van der Waals surface area contributed by atoms with Gasteiger partial charge < -0.3 is 19.7 Å². The number of piperidine rings is 1. The van der Waals surface area contributed by atoms with Crippen molar-refractivity contribution in [2.75, 3.05) is 33.3 Å². The van der Waals surface area contributed by atoms with Crippen LogP contribution in [0.5, 0.6) is 5.75 Å². The Labute approximate surface area is 162 Å². The number of ether oxygens (including phenoxy) is 2. The zero-order valence-corrected chi connectivity index (χ0v) is 17.2. The van der Waals surface area contributed by atoms with E-state index in [-0.39, 0.29) is 30.1 Å². The minimum Gasteiger partial charge on any atom is -0.489 e. The third-order valence-corrected chi connectivity index (χ3v) is 3.98. The Balaban J connectivity index is 0.00000288. The van der Waals surface area contributed by atoms with Gasteiger partial charge in [0.2, 0.25) is 0 Å². The minimum atomic E-state index is 0. The number of rotatable bonds is 6. The van der Waals surface area contributed by atoms with Crippen LogP contribution in [0.15, 0.2) is 35.3 Å². The lowest BCUT2D eigenvalue weighted by Crippen LogP contribution is -2.48. The molecule has 0 bridgehead atoms. The van der Waals surface area contributed by atoms with Gasteiger partial charge in [0, 0.05) is 26.7 Å². The highest BCUT2D eigenvalue weighted by Gasteiger charge is 2.21. The van der Waals surface area contributed by atoms with E-state index >= 15 is 0 Å². The van der Waals surface area contributed by atoms with Crippen LogP contribution >= 0.6 is 24.0 Å². The number of halogens is 1. The van der Waals surface area contributed by atoms with Gasteiger partial charge in [0.15, 0.2) is 5.96 Å². The predicted molar refractivity (Wildman–Crippen MR) is 110 cm³/mol. The van der Waals surface area contributed by atoms with E-state index in [1.807, 2.05) is 37.4 Å². The van der Waals surface area contributed by atoms with E-state index in [2.05, 4.69) is 29.1 Å². The van der Waals surface area contributed by atoms with E-state index < -0.39 is 0 Å². The third kappa shape index (κ3) is 6.84. The van der Waals surface area contributed by atoms with Gasteiger partial charge in [-0.25, -0.2) is 0 Å². The van der Waals surface area contributed by atoms with Crippen LogP contribution in [0.25, 0.3) is 0 Å². The molecular weight excluding hydrogens is 417 g/mol. The highest BCUT2D eigenvalue weighted by Crippen LogP contribution is 2.14. The van der Waals surface area contributed by atoms with Crippen LogP contribution in [0.4, 0.5) is 0 Å². The lowest BCUT2D eigenvalue weighted by Gasteiger charge is -2.34. The first-order chi connectivity index (χ1) is 11.2. The van der Waals surface area contributed by atoms with Crippen molar-refractivity contribution in [1.82, 2.24) is 10.2 Å². The highest BCUT2D eigenvalue weighted by molar-refractivity contribution is 14.0. The van der Waals surface area contributed by atoms with E-state index in [1.54, 1.807) is 0 Å². The maximum atomic E-state index is 5.89. The minimum absolute atomic E-state index is 0. The number of nitrogens with one attached hydrogen (secondary N) is 1. The molecular formula is C18H30IN3O2. The van der Waals surface area contributed by atoms with Gasteiger partial charge >= 0.3 is 0 Å². The van der Waals surface area contributed by atoms with Crippen molar-refractivity contribution in [2.24, 2.45) is 4.99 Å². The molecule has 0 saturated carbocycles. The highest BCUT2D eigenvalue weighted by atomic mass is 127. The van der Waals surface area contributed by atoms with Crippen LogP contribution in [0.1, 0.15) is 26.7 Å². The summed E-state index contributed by atoms with van der Waals surface area (Å²) in [4.78, 5) is 6.69. The van der Waals surface area contributed by atoms with E-state index in [1.165, 1.54) is 0 Å². The van der Waals surface area contributed by atoms with Gasteiger partial charge in [-0.2, -0.15) is 0 Å². The molecule has 1 atom stereocenters. The summed E-state index contributed by atoms with van der Waals surface area (Å²) in [5.41, 5.74) is 0. The Bertz CT molecular complexity index is 476. The summed E-state index contributed by atoms with van der Waals surface area (Å²) in [6.07, 6.45) is 2.60. The summed E-state index contributed by atoms with van der Waals surface area (Å²) in [5.74, 6) is 1.85. The van der Waals surface area contributed by atoms with Gasteiger partial charge in [0.05, 0.1) is 12.6 Å². The summed E-state index contributed by atoms with van der Waals surface area (Å²) in [6.45, 7) is 7.62. The summed E-state index contributed by atoms with van der Waals surface area (Å²) >= 11 is 0. The lowest BCUT2D eigenvalue weighted by atomic mass is 10.1. The number of likely N-dealkylation sites (tertiary alicyclic amines) is 1. The van der Waals surface area contributed by atoms with E-state index in [0.717, 1.165) is 50.8 Å². The first-order valence-corrected chi connectivity index (χ1v) is 8.51. The van der Waals surface area contributed by atoms with Crippen LogP contribution in [-0.4, -0.2) is 56.4 Å². The van der Waals surface area contributed by atoms with Crippen LogP contribution < -0.4 is 10.1 Å². The van der Waals surface area contributed by atoms with Gasteiger partial charge in [0.25, 0.3) is 0 Å². The number of benzene rings is 1. The average molecular weight is 447 g/mol. The van der Waals surface area contributed by atoms with Gasteiger partial charge in [-0.3, -0.25) is 4.99 Å². The van der Waals surface area contributed by atoms with Crippen LogP contribution in [-0.2, 0) is 4.74 Å². The van der Waals surface area contributed by atoms with Crippen LogP contribution in [0.3, 0.4) is 0 Å². The molecule has 1 aliphatic rings. The Morgan fingerprint density at radius 2 is 1.96 bits per heavy atom. The second kappa shape index (κ2) is 11.5. The molecule has 1 unspecified atom stereocenters. The lowest BCUT2D eigenvalue weighted by molar-refractivity contribution is 0.0263. The number of hydrogen-bond donors (Lipinski definition) is 1. The molecule has 1 saturated heterocycles. The Hall–Kier alpha value is -1.02. The smallest absolute Gasteiger partial charge is 0.193 e. The predicted octanol–water partition coefficient (Wildman–Crippen LogP) is 3.15. The molecule has 0 spiro atoms. The normalized spacial score (nSPS) is 17.1. The van der Waals surface area contributed by atoms with Crippen molar-refractivity contribution in [3.63, 3.8) is 0 Å². The molecule has 1 N–H and O–H groups in total. The molecule has 0 aromatic heterocycles. The first kappa shape index (κ1) is 21.0. The fraction of sp³-hybridized carbons (Fsp3) is 0.611. The fourth-order valence-corrected chi connectivity index (χ4v) is 2.81. The first-order valence-electron chi connectivity index (χ1n) is 8.51. The quantitative estimate of drug-likeness (QED) is 0.414. The SMILES string of the molecule is CCOC1CCN(C(=NC)NCC(C)Oc2ccccc2)CC1.I. The maximum Gasteiger partial charge on any atom is 0.193 e. The van der Waals surface area contributed by atoms with Crippen molar-refractivity contribution >= 4 is 29.9 Å². The number of aliphatic imine (C=N–C) groups is 1. The van der Waals surface area contributed by atoms with Gasteiger partial charge in [0.1, 0.15) is 11.9 Å². The molecule has 1 aliphatic heterocycles. The second-order valence-corrected chi connectivity index (χ2v) is 5.81. The van der Waals surface area contributed by atoms with E-state index in [9.17, 15) is 0 Å². The van der Waals surface area contributed by atoms with Crippen molar-refractivity contribution in [2.45, 2.75) is 38.9 Å². The van der Waals surface area contributed by atoms with Crippen molar-refractivity contribution in [3.05, 3.63) is 30.3 Å². The third-order valence-electron chi connectivity index (χ3n) is 3.98. The van der Waals surface area contributed by atoms with Gasteiger partial charge in [-0.15, -0.1) is 24.0 Å². The number of hydrogen-bond acceptors (Lipinski definition) is 3. The van der Waals surface area contributed by atoms with Crippen molar-refractivity contribution in [1.29, 1.82) is 0 Å². The summed E-state index contributed by atoms with van der Waals surface area (Å²) in [7, 11) is 1.83. The topological polar surface area (TPSA) is 46.1 Å². The summed E-state index contributed by atoms with van der Waals surface area (Å²) in [5, 5.41) is 3.42. The molecule has 0 aliphatic carbocycles. The number of para-hydroxylation sites is 1. The van der Waals surface area contributed by atoms with Crippen LogP contribution in [0, 0.1) is 0 Å². The fourth-order valence-electron chi connectivity index (χ4n) is 2.81. The summed E-state index contributed by atoms with van der Waals surface area (Å²) in [6, 6.07) is 9.91. The number of guanidine groups is 1. The molecule has 1 heterocycles. The van der Waals surface area contributed by atoms with Gasteiger partial charge in [-0.05, 0) is 38.8 Å².